The van der Waals surface area contributed by atoms with Gasteiger partial charge in [0.1, 0.15) is 23.9 Å². The van der Waals surface area contributed by atoms with Crippen molar-refractivity contribution in [1.29, 1.82) is 0 Å². The third kappa shape index (κ3) is 10.0. The molecule has 0 fully saturated rings. The summed E-state index contributed by atoms with van der Waals surface area (Å²) in [7, 11) is 0. The van der Waals surface area contributed by atoms with Crippen molar-refractivity contribution in [3.8, 4) is 5.75 Å². The first kappa shape index (κ1) is 29.4. The molecule has 35 heavy (non-hydrogen) atoms. The maximum absolute atomic E-state index is 13.1. The number of hydrogen-bond acceptors (Lipinski definition) is 7. The summed E-state index contributed by atoms with van der Waals surface area (Å²) in [6.45, 7) is 4.82. The van der Waals surface area contributed by atoms with Gasteiger partial charge in [-0.15, -0.1) is 0 Å². The van der Waals surface area contributed by atoms with Gasteiger partial charge in [-0.25, -0.2) is 4.79 Å². The number of carbonyl (C=O) groups is 5. The van der Waals surface area contributed by atoms with Crippen LogP contribution in [-0.4, -0.2) is 69.1 Å². The Balaban J connectivity index is 3.13. The molecule has 0 heterocycles. The van der Waals surface area contributed by atoms with Gasteiger partial charge < -0.3 is 37.0 Å². The van der Waals surface area contributed by atoms with E-state index in [0.29, 0.717) is 12.0 Å². The van der Waals surface area contributed by atoms with Gasteiger partial charge in [0.25, 0.3) is 0 Å². The highest BCUT2D eigenvalue weighted by Crippen LogP contribution is 2.13. The van der Waals surface area contributed by atoms with Gasteiger partial charge in [0.15, 0.2) is 0 Å². The second-order valence-electron chi connectivity index (χ2n) is 8.42. The molecule has 12 heteroatoms. The fourth-order valence-electron chi connectivity index (χ4n) is 3.13. The lowest BCUT2D eigenvalue weighted by atomic mass is 9.98. The molecule has 0 saturated carbocycles. The third-order valence-electron chi connectivity index (χ3n) is 5.48. The number of rotatable bonds is 14. The highest BCUT2D eigenvalue weighted by molar-refractivity contribution is 5.94. The Kier molecular flexibility index (Phi) is 11.7. The quantitative estimate of drug-likeness (QED) is 0.181. The van der Waals surface area contributed by atoms with Gasteiger partial charge in [0.05, 0.1) is 6.04 Å². The summed E-state index contributed by atoms with van der Waals surface area (Å²) in [5, 5.41) is 35.3. The molecule has 0 spiro atoms. The number of aromatic hydroxyl groups is 1. The first-order valence-electron chi connectivity index (χ1n) is 11.2. The second-order valence-corrected chi connectivity index (χ2v) is 8.42. The maximum atomic E-state index is 13.1. The van der Waals surface area contributed by atoms with Crippen LogP contribution in [-0.2, 0) is 30.4 Å². The number of phenols is 1. The monoisotopic (exact) mass is 494 g/mol. The smallest absolute Gasteiger partial charge is 0.326 e. The molecule has 0 aliphatic rings. The maximum Gasteiger partial charge on any atom is 0.326 e. The molecule has 8 N–H and O–H groups in total. The minimum Gasteiger partial charge on any atom is -0.508 e. The lowest BCUT2D eigenvalue weighted by molar-refractivity contribution is -0.144. The van der Waals surface area contributed by atoms with E-state index in [0.717, 1.165) is 0 Å². The molecule has 1 aromatic carbocycles. The SMILES string of the molecule is CCC(C)C(NC(=O)C(CCC(=O)O)NC(=O)C(Cc1ccc(O)cc1)NC(=O)C(C)N)C(=O)O. The van der Waals surface area contributed by atoms with Crippen LogP contribution in [0.1, 0.15) is 45.6 Å². The minimum absolute atomic E-state index is 0.00839. The molecule has 0 radical (unpaired) electrons. The van der Waals surface area contributed by atoms with Crippen LogP contribution in [0.2, 0.25) is 0 Å². The topological polar surface area (TPSA) is 208 Å². The number of carboxylic acids is 2. The molecular weight excluding hydrogens is 460 g/mol. The Hall–Kier alpha value is -3.67. The van der Waals surface area contributed by atoms with Gasteiger partial charge in [-0.3, -0.25) is 19.2 Å². The van der Waals surface area contributed by atoms with Gasteiger partial charge in [-0.1, -0.05) is 32.4 Å². The van der Waals surface area contributed by atoms with E-state index in [1.807, 2.05) is 0 Å². The summed E-state index contributed by atoms with van der Waals surface area (Å²) in [6.07, 6.45) is -0.314. The summed E-state index contributed by atoms with van der Waals surface area (Å²) >= 11 is 0. The number of carboxylic acid groups (broad SMARTS) is 2. The van der Waals surface area contributed by atoms with E-state index in [9.17, 15) is 34.2 Å². The molecule has 0 aliphatic carbocycles. The normalized spacial score (nSPS) is 15.1. The highest BCUT2D eigenvalue weighted by Gasteiger charge is 2.32. The predicted octanol–water partition coefficient (Wildman–Crippen LogP) is -0.268. The van der Waals surface area contributed by atoms with Crippen LogP contribution in [0.5, 0.6) is 5.75 Å². The standard InChI is InChI=1S/C23H34N4O8/c1-4-12(2)19(23(34)35)27-21(32)16(9-10-18(29)30)25-22(33)17(26-20(31)13(3)24)11-14-5-7-15(28)8-6-14/h5-8,12-13,16-17,19,28H,4,9-11,24H2,1-3H3,(H,25,33)(H,26,31)(H,27,32)(H,29,30)(H,34,35). The fourth-order valence-corrected chi connectivity index (χ4v) is 3.13. The summed E-state index contributed by atoms with van der Waals surface area (Å²) in [5.74, 6) is -5.14. The van der Waals surface area contributed by atoms with E-state index in [4.69, 9.17) is 10.8 Å². The van der Waals surface area contributed by atoms with Crippen LogP contribution >= 0.6 is 0 Å². The molecule has 1 rings (SSSR count). The van der Waals surface area contributed by atoms with E-state index in [2.05, 4.69) is 16.0 Å². The Morgan fingerprint density at radius 1 is 0.886 bits per heavy atom. The minimum atomic E-state index is -1.36. The lowest BCUT2D eigenvalue weighted by Crippen LogP contribution is -2.58. The average molecular weight is 495 g/mol. The average Bonchev–Trinajstić information content (AvgIpc) is 2.79. The highest BCUT2D eigenvalue weighted by atomic mass is 16.4. The third-order valence-corrected chi connectivity index (χ3v) is 5.48. The summed E-state index contributed by atoms with van der Waals surface area (Å²) in [6, 6.07) is 1.20. The van der Waals surface area contributed by atoms with Crippen LogP contribution in [0.3, 0.4) is 0 Å². The van der Waals surface area contributed by atoms with E-state index in [1.165, 1.54) is 19.1 Å². The molecule has 194 valence electrons. The van der Waals surface area contributed by atoms with Crippen molar-refractivity contribution in [1.82, 2.24) is 16.0 Å². The van der Waals surface area contributed by atoms with Crippen molar-refractivity contribution >= 4 is 29.7 Å². The molecule has 0 bridgehead atoms. The molecule has 0 aromatic heterocycles. The van der Waals surface area contributed by atoms with Crippen molar-refractivity contribution < 1.29 is 39.3 Å². The Morgan fingerprint density at radius 3 is 1.91 bits per heavy atom. The first-order chi connectivity index (χ1) is 16.3. The van der Waals surface area contributed by atoms with E-state index < -0.39 is 66.2 Å². The summed E-state index contributed by atoms with van der Waals surface area (Å²) in [4.78, 5) is 60.8. The zero-order chi connectivity index (χ0) is 26.7. The molecule has 5 unspecified atom stereocenters. The van der Waals surface area contributed by atoms with Crippen molar-refractivity contribution in [3.05, 3.63) is 29.8 Å². The van der Waals surface area contributed by atoms with Gasteiger partial charge in [-0.2, -0.15) is 0 Å². The molecule has 1 aromatic rings. The second kappa shape index (κ2) is 13.9. The van der Waals surface area contributed by atoms with Crippen molar-refractivity contribution in [2.45, 2.75) is 70.6 Å². The van der Waals surface area contributed by atoms with E-state index >= 15 is 0 Å². The van der Waals surface area contributed by atoms with Gasteiger partial charge in [0, 0.05) is 12.8 Å². The molecule has 3 amide bonds. The first-order valence-corrected chi connectivity index (χ1v) is 11.2. The van der Waals surface area contributed by atoms with Crippen LogP contribution in [0.4, 0.5) is 0 Å². The summed E-state index contributed by atoms with van der Waals surface area (Å²) in [5.41, 5.74) is 6.18. The van der Waals surface area contributed by atoms with Crippen molar-refractivity contribution in [2.75, 3.05) is 0 Å². The number of nitrogens with two attached hydrogens (primary N) is 1. The molecule has 0 aliphatic heterocycles. The van der Waals surface area contributed by atoms with E-state index in [1.54, 1.807) is 26.0 Å². The zero-order valence-electron chi connectivity index (χ0n) is 20.0. The van der Waals surface area contributed by atoms with Gasteiger partial charge >= 0.3 is 11.9 Å². The molecule has 5 atom stereocenters. The number of aliphatic carboxylic acids is 2. The van der Waals surface area contributed by atoms with Crippen molar-refractivity contribution in [3.63, 3.8) is 0 Å². The Morgan fingerprint density at radius 2 is 1.43 bits per heavy atom. The fraction of sp³-hybridized carbons (Fsp3) is 0.522. The number of benzene rings is 1. The summed E-state index contributed by atoms with van der Waals surface area (Å²) < 4.78 is 0. The van der Waals surface area contributed by atoms with Gasteiger partial charge in [0.2, 0.25) is 17.7 Å². The van der Waals surface area contributed by atoms with Gasteiger partial charge in [-0.05, 0) is 37.0 Å². The van der Waals surface area contributed by atoms with Crippen LogP contribution < -0.4 is 21.7 Å². The number of amides is 3. The molecule has 12 nitrogen and oxygen atoms in total. The molecule has 0 saturated heterocycles. The van der Waals surface area contributed by atoms with Crippen LogP contribution in [0, 0.1) is 5.92 Å². The largest absolute Gasteiger partial charge is 0.508 e. The lowest BCUT2D eigenvalue weighted by Gasteiger charge is -2.26. The number of phenolic OH excluding ortho intramolecular Hbond substituents is 1. The van der Waals surface area contributed by atoms with Crippen LogP contribution in [0.25, 0.3) is 0 Å². The zero-order valence-corrected chi connectivity index (χ0v) is 20.0. The number of hydrogen-bond donors (Lipinski definition) is 7. The Bertz CT molecular complexity index is 903. The van der Waals surface area contributed by atoms with Crippen LogP contribution in [0.15, 0.2) is 24.3 Å². The predicted molar refractivity (Wildman–Crippen MR) is 125 cm³/mol. The Labute approximate surface area is 203 Å². The molecular formula is C23H34N4O8. The van der Waals surface area contributed by atoms with E-state index in [-0.39, 0.29) is 18.6 Å². The number of carbonyl (C=O) groups excluding carboxylic acids is 3. The number of nitrogens with one attached hydrogen (secondary N) is 3. The van der Waals surface area contributed by atoms with Crippen molar-refractivity contribution in [2.24, 2.45) is 11.7 Å².